The van der Waals surface area contributed by atoms with Gasteiger partial charge in [0.05, 0.1) is 19.2 Å². The Bertz CT molecular complexity index is 730. The first kappa shape index (κ1) is 14.0. The van der Waals surface area contributed by atoms with Gasteiger partial charge in [-0.1, -0.05) is 5.21 Å². The molecule has 0 aliphatic carbocycles. The summed E-state index contributed by atoms with van der Waals surface area (Å²) in [7, 11) is -3.89. The Morgan fingerprint density at radius 3 is 2.67 bits per heavy atom. The highest BCUT2D eigenvalue weighted by atomic mass is 32.2. The minimum Gasteiger partial charge on any atom is -0.480 e. The third kappa shape index (κ3) is 1.42. The fourth-order valence-electron chi connectivity index (χ4n) is 3.37. The number of carboxylic acid groups (broad SMARTS) is 1. The Labute approximate surface area is 120 Å². The van der Waals surface area contributed by atoms with Crippen molar-refractivity contribution < 1.29 is 23.1 Å². The smallest absolute Gasteiger partial charge is 0.328 e. The van der Waals surface area contributed by atoms with Crippen LogP contribution >= 0.6 is 0 Å². The van der Waals surface area contributed by atoms with Gasteiger partial charge in [0, 0.05) is 6.20 Å². The zero-order valence-electron chi connectivity index (χ0n) is 11.4. The molecule has 1 N–H and O–H groups in total. The van der Waals surface area contributed by atoms with Gasteiger partial charge in [0.2, 0.25) is 5.91 Å². The van der Waals surface area contributed by atoms with Crippen LogP contribution in [-0.2, 0) is 26.0 Å². The minimum atomic E-state index is -3.89. The van der Waals surface area contributed by atoms with E-state index in [4.69, 9.17) is 0 Å². The van der Waals surface area contributed by atoms with Crippen LogP contribution in [0.25, 0.3) is 0 Å². The second-order valence-electron chi connectivity index (χ2n) is 5.77. The van der Waals surface area contributed by atoms with Gasteiger partial charge in [0.15, 0.2) is 20.8 Å². The molecule has 0 unspecified atom stereocenters. The summed E-state index contributed by atoms with van der Waals surface area (Å²) >= 11 is 0. The lowest BCUT2D eigenvalue weighted by Crippen LogP contribution is -2.64. The summed E-state index contributed by atoms with van der Waals surface area (Å²) in [6.45, 7) is 2.57. The molecule has 114 valence electrons. The van der Waals surface area contributed by atoms with E-state index < -0.39 is 37.4 Å². The highest BCUT2D eigenvalue weighted by Crippen LogP contribution is 2.53. The van der Waals surface area contributed by atoms with Gasteiger partial charge in [0.1, 0.15) is 4.75 Å². The Hall–Kier alpha value is -1.97. The van der Waals surface area contributed by atoms with Crippen LogP contribution in [0, 0.1) is 0 Å². The lowest BCUT2D eigenvalue weighted by Gasteiger charge is -2.44. The zero-order chi connectivity index (χ0) is 15.6. The van der Waals surface area contributed by atoms with Crippen LogP contribution in [0.4, 0.5) is 0 Å². The van der Waals surface area contributed by atoms with E-state index in [0.29, 0.717) is 0 Å². The Kier molecular flexibility index (Phi) is 2.54. The standard InChI is InChI=1S/C11H14N4O5S/c1-10(6-14-4-3-12-13-14)8(9(17)18)15-7(16)5-11(15,2)21(10,19)20/h3-4,8H,5-6H2,1-2H3,(H,17,18)/t8-,10-,11+/m0/s1. The van der Waals surface area contributed by atoms with Crippen LogP contribution in [0.3, 0.4) is 0 Å². The fraction of sp³-hybridized carbons (Fsp3) is 0.636. The molecule has 1 amide bonds. The summed E-state index contributed by atoms with van der Waals surface area (Å²) in [6, 6.07) is -1.43. The van der Waals surface area contributed by atoms with Gasteiger partial charge >= 0.3 is 5.97 Å². The van der Waals surface area contributed by atoms with Gasteiger partial charge in [-0.2, -0.15) is 0 Å². The molecule has 2 aliphatic heterocycles. The first-order valence-electron chi connectivity index (χ1n) is 6.28. The van der Waals surface area contributed by atoms with E-state index in [0.717, 1.165) is 4.90 Å². The Morgan fingerprint density at radius 2 is 2.19 bits per heavy atom. The van der Waals surface area contributed by atoms with Crippen molar-refractivity contribution in [2.24, 2.45) is 0 Å². The van der Waals surface area contributed by atoms with Crippen molar-refractivity contribution in [3.63, 3.8) is 0 Å². The number of amides is 1. The molecule has 0 bridgehead atoms. The number of fused-ring (bicyclic) bond motifs is 1. The van der Waals surface area contributed by atoms with E-state index in [9.17, 15) is 23.1 Å². The second kappa shape index (κ2) is 3.81. The molecule has 1 aromatic rings. The van der Waals surface area contributed by atoms with Crippen LogP contribution in [-0.4, -0.2) is 61.0 Å². The summed E-state index contributed by atoms with van der Waals surface area (Å²) in [4.78, 5) is 22.9. The van der Waals surface area contributed by atoms with E-state index in [1.807, 2.05) is 0 Å². The van der Waals surface area contributed by atoms with Crippen LogP contribution in [0.5, 0.6) is 0 Å². The van der Waals surface area contributed by atoms with E-state index >= 15 is 0 Å². The molecule has 3 rings (SSSR count). The van der Waals surface area contributed by atoms with Crippen LogP contribution < -0.4 is 0 Å². The molecular formula is C11H14N4O5S. The van der Waals surface area contributed by atoms with Gasteiger partial charge < -0.3 is 10.0 Å². The van der Waals surface area contributed by atoms with Crippen molar-refractivity contribution >= 4 is 21.7 Å². The van der Waals surface area contributed by atoms with Gasteiger partial charge in [0.25, 0.3) is 0 Å². The van der Waals surface area contributed by atoms with Gasteiger partial charge in [-0.25, -0.2) is 13.2 Å². The summed E-state index contributed by atoms with van der Waals surface area (Å²) in [5.74, 6) is -1.80. The SMILES string of the molecule is C[C@]1(Cn2ccnn2)[C@H](C(=O)O)N2C(=O)C[C@@]2(C)S1(=O)=O. The van der Waals surface area contributed by atoms with Gasteiger partial charge in [-0.3, -0.25) is 9.48 Å². The molecule has 2 saturated heterocycles. The number of carbonyl (C=O) groups excluding carboxylic acids is 1. The number of hydrogen-bond donors (Lipinski definition) is 1. The summed E-state index contributed by atoms with van der Waals surface area (Å²) in [5, 5.41) is 16.8. The molecule has 0 saturated carbocycles. The molecule has 3 atom stereocenters. The number of carbonyl (C=O) groups is 2. The predicted octanol–water partition coefficient (Wildman–Crippen LogP) is -1.13. The first-order chi connectivity index (χ1) is 9.65. The van der Waals surface area contributed by atoms with E-state index in [2.05, 4.69) is 10.3 Å². The molecule has 1 aromatic heterocycles. The molecule has 10 heteroatoms. The molecule has 21 heavy (non-hydrogen) atoms. The van der Waals surface area contributed by atoms with Crippen molar-refractivity contribution in [1.29, 1.82) is 0 Å². The van der Waals surface area contributed by atoms with Gasteiger partial charge in [-0.05, 0) is 13.8 Å². The molecule has 0 spiro atoms. The van der Waals surface area contributed by atoms with Crippen molar-refractivity contribution in [3.05, 3.63) is 12.4 Å². The lowest BCUT2D eigenvalue weighted by molar-refractivity contribution is -0.162. The van der Waals surface area contributed by atoms with E-state index in [1.54, 1.807) is 0 Å². The second-order valence-corrected chi connectivity index (χ2v) is 8.59. The minimum absolute atomic E-state index is 0.175. The lowest BCUT2D eigenvalue weighted by atomic mass is 9.92. The average molecular weight is 314 g/mol. The maximum Gasteiger partial charge on any atom is 0.328 e. The number of carboxylic acids is 1. The van der Waals surface area contributed by atoms with Crippen molar-refractivity contribution in [3.8, 4) is 0 Å². The monoisotopic (exact) mass is 314 g/mol. The fourth-order valence-corrected chi connectivity index (χ4v) is 5.96. The number of aromatic nitrogens is 3. The molecular weight excluding hydrogens is 300 g/mol. The molecule has 3 heterocycles. The van der Waals surface area contributed by atoms with Gasteiger partial charge in [-0.15, -0.1) is 5.10 Å². The molecule has 9 nitrogen and oxygen atoms in total. The average Bonchev–Trinajstić information content (AvgIpc) is 2.89. The molecule has 2 aliphatic rings. The predicted molar refractivity (Wildman–Crippen MR) is 68.6 cm³/mol. The maximum absolute atomic E-state index is 12.9. The third-order valence-corrected chi connectivity index (χ3v) is 7.55. The largest absolute Gasteiger partial charge is 0.480 e. The highest BCUT2D eigenvalue weighted by Gasteiger charge is 2.76. The summed E-state index contributed by atoms with van der Waals surface area (Å²) < 4.78 is 25.3. The van der Waals surface area contributed by atoms with Crippen LogP contribution in [0.1, 0.15) is 20.3 Å². The first-order valence-corrected chi connectivity index (χ1v) is 7.77. The third-order valence-electron chi connectivity index (χ3n) is 4.47. The maximum atomic E-state index is 12.9. The number of nitrogens with zero attached hydrogens (tertiary/aromatic N) is 4. The summed E-state index contributed by atoms with van der Waals surface area (Å²) in [6.07, 6.45) is 2.65. The quantitative estimate of drug-likeness (QED) is 0.700. The number of sulfone groups is 1. The zero-order valence-corrected chi connectivity index (χ0v) is 12.2. The van der Waals surface area contributed by atoms with Crippen molar-refractivity contribution in [1.82, 2.24) is 19.9 Å². The Morgan fingerprint density at radius 1 is 1.52 bits per heavy atom. The molecule has 0 aromatic carbocycles. The van der Waals surface area contributed by atoms with E-state index in [1.165, 1.54) is 30.9 Å². The number of hydrogen-bond acceptors (Lipinski definition) is 6. The van der Waals surface area contributed by atoms with Crippen LogP contribution in [0.15, 0.2) is 12.4 Å². The number of aliphatic carboxylic acids is 1. The van der Waals surface area contributed by atoms with Crippen molar-refractivity contribution in [2.75, 3.05) is 0 Å². The molecule has 0 radical (unpaired) electrons. The normalized spacial score (nSPS) is 37.1. The Balaban J connectivity index is 2.16. The van der Waals surface area contributed by atoms with Crippen molar-refractivity contribution in [2.45, 2.75) is 42.5 Å². The molecule has 2 fully saturated rings. The van der Waals surface area contributed by atoms with E-state index in [-0.39, 0.29) is 13.0 Å². The number of rotatable bonds is 3. The number of β-lactam (4-membered cyclic amide) rings is 1. The topological polar surface area (TPSA) is 122 Å². The summed E-state index contributed by atoms with van der Waals surface area (Å²) in [5.41, 5.74) is 0. The highest BCUT2D eigenvalue weighted by molar-refractivity contribution is 7.94. The van der Waals surface area contributed by atoms with Crippen LogP contribution in [0.2, 0.25) is 0 Å².